The molecule has 2 nitrogen and oxygen atoms in total. The number of benzene rings is 1. The molecule has 2 fully saturated rings. The predicted molar refractivity (Wildman–Crippen MR) is 91.1 cm³/mol. The molecular weight excluding hydrogens is 282 g/mol. The molecule has 1 aromatic carbocycles. The summed E-state index contributed by atoms with van der Waals surface area (Å²) in [6, 6.07) is 11.3. The number of ether oxygens (including phenoxy) is 1. The summed E-state index contributed by atoms with van der Waals surface area (Å²) in [5.41, 5.74) is 5.20. The van der Waals surface area contributed by atoms with Gasteiger partial charge in [-0.15, -0.1) is 0 Å². The normalized spacial score (nSPS) is 39.6. The van der Waals surface area contributed by atoms with Crippen molar-refractivity contribution in [3.63, 3.8) is 0 Å². The van der Waals surface area contributed by atoms with Crippen LogP contribution in [0.3, 0.4) is 0 Å². The van der Waals surface area contributed by atoms with Gasteiger partial charge in [0, 0.05) is 18.8 Å². The molecule has 5 rings (SSSR count). The second-order valence-electron chi connectivity index (χ2n) is 7.92. The minimum atomic E-state index is 0.106. The van der Waals surface area contributed by atoms with Crippen LogP contribution in [0.1, 0.15) is 62.8 Å². The minimum absolute atomic E-state index is 0.106. The number of hydrogen-bond acceptors (Lipinski definition) is 1. The first kappa shape index (κ1) is 14.2. The van der Waals surface area contributed by atoms with Gasteiger partial charge in [-0.2, -0.15) is 0 Å². The number of hydrogen-bond donors (Lipinski definition) is 1. The van der Waals surface area contributed by atoms with Gasteiger partial charge in [0.15, 0.2) is 0 Å². The van der Waals surface area contributed by atoms with Crippen molar-refractivity contribution in [2.24, 2.45) is 5.92 Å². The first-order valence-corrected chi connectivity index (χ1v) is 9.68. The topological polar surface area (TPSA) is 13.7 Å². The fourth-order valence-corrected chi connectivity index (χ4v) is 6.15. The van der Waals surface area contributed by atoms with Crippen molar-refractivity contribution in [3.05, 3.63) is 47.2 Å². The molecule has 122 valence electrons. The Morgan fingerprint density at radius 1 is 1.00 bits per heavy atom. The van der Waals surface area contributed by atoms with Gasteiger partial charge in [0.2, 0.25) is 5.72 Å². The summed E-state index contributed by atoms with van der Waals surface area (Å²) in [6.07, 6.45) is 10.8. The van der Waals surface area contributed by atoms with Gasteiger partial charge < -0.3 is 4.74 Å². The van der Waals surface area contributed by atoms with Crippen LogP contribution in [0.5, 0.6) is 0 Å². The maximum absolute atomic E-state index is 6.58. The molecule has 23 heavy (non-hydrogen) atoms. The zero-order valence-corrected chi connectivity index (χ0v) is 14.0. The second-order valence-corrected chi connectivity index (χ2v) is 7.92. The highest BCUT2D eigenvalue weighted by Gasteiger charge is 2.61. The molecule has 2 heteroatoms. The van der Waals surface area contributed by atoms with E-state index < -0.39 is 0 Å². The molecule has 1 unspecified atom stereocenters. The van der Waals surface area contributed by atoms with Crippen LogP contribution in [-0.4, -0.2) is 18.9 Å². The highest BCUT2D eigenvalue weighted by Crippen LogP contribution is 2.51. The van der Waals surface area contributed by atoms with Crippen LogP contribution in [0.25, 0.3) is 0 Å². The zero-order chi connectivity index (χ0) is 15.3. The Bertz CT molecular complexity index is 622. The zero-order valence-electron chi connectivity index (χ0n) is 14.0. The van der Waals surface area contributed by atoms with Gasteiger partial charge in [-0.05, 0) is 43.2 Å². The summed E-state index contributed by atoms with van der Waals surface area (Å²) >= 11 is 0. The second kappa shape index (κ2) is 5.46. The number of fused-ring (bicyclic) bond motifs is 1. The van der Waals surface area contributed by atoms with Gasteiger partial charge in [-0.25, -0.2) is 0 Å². The van der Waals surface area contributed by atoms with Gasteiger partial charge in [-0.3, -0.25) is 4.90 Å². The van der Waals surface area contributed by atoms with E-state index in [1.807, 2.05) is 0 Å². The lowest BCUT2D eigenvalue weighted by molar-refractivity contribution is -0.932. The van der Waals surface area contributed by atoms with Crippen LogP contribution in [0.2, 0.25) is 0 Å². The fourth-order valence-electron chi connectivity index (χ4n) is 6.15. The van der Waals surface area contributed by atoms with E-state index >= 15 is 0 Å². The van der Waals surface area contributed by atoms with Gasteiger partial charge in [0.25, 0.3) is 0 Å². The number of quaternary nitrogens is 1. The number of nitrogens with one attached hydrogen (secondary N) is 1. The first-order chi connectivity index (χ1) is 11.4. The van der Waals surface area contributed by atoms with E-state index in [-0.39, 0.29) is 5.72 Å². The van der Waals surface area contributed by atoms with Crippen molar-refractivity contribution in [1.29, 1.82) is 0 Å². The molecule has 2 aliphatic heterocycles. The maximum Gasteiger partial charge on any atom is 0.210 e. The quantitative estimate of drug-likeness (QED) is 0.839. The molecule has 1 spiro atoms. The smallest absolute Gasteiger partial charge is 0.210 e. The average Bonchev–Trinajstić information content (AvgIpc) is 3.04. The van der Waals surface area contributed by atoms with Gasteiger partial charge in [-0.1, -0.05) is 36.8 Å². The molecular formula is C21H28NO+. The molecule has 1 saturated carbocycles. The summed E-state index contributed by atoms with van der Waals surface area (Å²) in [4.78, 5) is 1.74. The lowest BCUT2D eigenvalue weighted by atomic mass is 9.63. The summed E-state index contributed by atoms with van der Waals surface area (Å²) in [7, 11) is 0. The monoisotopic (exact) mass is 310 g/mol. The van der Waals surface area contributed by atoms with Crippen molar-refractivity contribution < 1.29 is 9.64 Å². The lowest BCUT2D eigenvalue weighted by Gasteiger charge is -2.52. The third-order valence-corrected chi connectivity index (χ3v) is 6.95. The van der Waals surface area contributed by atoms with Crippen LogP contribution in [0, 0.1) is 5.92 Å². The van der Waals surface area contributed by atoms with Gasteiger partial charge >= 0.3 is 0 Å². The molecule has 0 bridgehead atoms. The Balaban J connectivity index is 1.69. The Hall–Kier alpha value is -1.12. The fraction of sp³-hybridized carbons (Fsp3) is 0.619. The van der Waals surface area contributed by atoms with Crippen LogP contribution < -0.4 is 4.90 Å². The number of allylic oxidation sites excluding steroid dienone is 2. The van der Waals surface area contributed by atoms with E-state index in [0.717, 1.165) is 6.61 Å². The Morgan fingerprint density at radius 3 is 2.78 bits per heavy atom. The Kier molecular flexibility index (Phi) is 3.38. The van der Waals surface area contributed by atoms with Gasteiger partial charge in [0.05, 0.1) is 5.92 Å². The van der Waals surface area contributed by atoms with Crippen molar-refractivity contribution in [2.75, 3.05) is 13.2 Å². The summed E-state index contributed by atoms with van der Waals surface area (Å²) < 4.78 is 6.58. The summed E-state index contributed by atoms with van der Waals surface area (Å²) in [5, 5.41) is 0. The van der Waals surface area contributed by atoms with E-state index in [2.05, 4.69) is 30.3 Å². The predicted octanol–water partition coefficient (Wildman–Crippen LogP) is 3.41. The lowest BCUT2D eigenvalue weighted by Crippen LogP contribution is -3.19. The third-order valence-electron chi connectivity index (χ3n) is 6.95. The van der Waals surface area contributed by atoms with Crippen molar-refractivity contribution in [3.8, 4) is 0 Å². The molecule has 2 aliphatic carbocycles. The van der Waals surface area contributed by atoms with Crippen molar-refractivity contribution in [1.82, 2.24) is 0 Å². The van der Waals surface area contributed by atoms with Crippen molar-refractivity contribution in [2.45, 2.75) is 63.0 Å². The van der Waals surface area contributed by atoms with E-state index in [9.17, 15) is 0 Å². The largest absolute Gasteiger partial charge is 0.320 e. The highest BCUT2D eigenvalue weighted by atomic mass is 16.5. The Morgan fingerprint density at radius 2 is 1.87 bits per heavy atom. The van der Waals surface area contributed by atoms with Crippen molar-refractivity contribution >= 4 is 0 Å². The van der Waals surface area contributed by atoms with Crippen LogP contribution >= 0.6 is 0 Å². The van der Waals surface area contributed by atoms with E-state index in [1.54, 1.807) is 21.7 Å². The van der Waals surface area contributed by atoms with E-state index in [0.29, 0.717) is 11.8 Å². The summed E-state index contributed by atoms with van der Waals surface area (Å²) in [6.45, 7) is 2.17. The SMILES string of the molecule is c1ccc([C@H]2C3=C(CCCC3)[NH+]3CCO[C@@]34CCCC[C@@H]24)cc1. The molecule has 4 atom stereocenters. The van der Waals surface area contributed by atoms with E-state index in [4.69, 9.17) is 4.74 Å². The molecule has 4 aliphatic rings. The van der Waals surface area contributed by atoms with Crippen LogP contribution in [-0.2, 0) is 4.74 Å². The molecule has 1 aromatic rings. The molecule has 2 heterocycles. The minimum Gasteiger partial charge on any atom is -0.320 e. The molecule has 1 N–H and O–H groups in total. The molecule has 0 radical (unpaired) electrons. The maximum atomic E-state index is 6.58. The standard InChI is InChI=1S/C21H27NO/c1-2-8-16(9-3-1)20-17-10-4-5-12-19(17)22-14-15-23-21(22)13-7-6-11-18(20)21/h1-3,8-9,18,20H,4-7,10-15H2/p+1/t18-,20-,21+/m0/s1. The third kappa shape index (κ3) is 2.01. The molecule has 0 aromatic heterocycles. The van der Waals surface area contributed by atoms with Crippen LogP contribution in [0.4, 0.5) is 0 Å². The Labute approximate surface area is 139 Å². The molecule has 1 saturated heterocycles. The molecule has 0 amide bonds. The van der Waals surface area contributed by atoms with E-state index in [1.165, 1.54) is 57.9 Å². The van der Waals surface area contributed by atoms with Crippen LogP contribution in [0.15, 0.2) is 41.6 Å². The summed E-state index contributed by atoms with van der Waals surface area (Å²) in [5.74, 6) is 1.31. The average molecular weight is 310 g/mol. The van der Waals surface area contributed by atoms with Gasteiger partial charge in [0.1, 0.15) is 18.8 Å². The first-order valence-electron chi connectivity index (χ1n) is 9.68. The number of rotatable bonds is 1. The highest BCUT2D eigenvalue weighted by molar-refractivity contribution is 5.35.